The minimum absolute atomic E-state index is 0.0164. The quantitative estimate of drug-likeness (QED) is 0.518. The monoisotopic (exact) mass is 216 g/mol. The van der Waals surface area contributed by atoms with Crippen molar-refractivity contribution in [2.24, 2.45) is 5.92 Å². The van der Waals surface area contributed by atoms with E-state index in [1.54, 1.807) is 0 Å². The summed E-state index contributed by atoms with van der Waals surface area (Å²) in [6.45, 7) is 7.61. The summed E-state index contributed by atoms with van der Waals surface area (Å²) in [4.78, 5) is 10.6. The number of amides is 1. The number of aliphatic hydroxyl groups is 1. The van der Waals surface area contributed by atoms with Gasteiger partial charge in [0.15, 0.2) is 0 Å². The van der Waals surface area contributed by atoms with Gasteiger partial charge in [-0.3, -0.25) is 4.79 Å². The molecular weight excluding hydrogens is 192 g/mol. The van der Waals surface area contributed by atoms with Crippen molar-refractivity contribution < 1.29 is 9.90 Å². The molecule has 3 N–H and O–H groups in total. The molecule has 15 heavy (non-hydrogen) atoms. The third-order valence-corrected chi connectivity index (χ3v) is 2.62. The number of rotatable bonds is 8. The summed E-state index contributed by atoms with van der Waals surface area (Å²) in [6.07, 6.45) is 1.73. The maximum atomic E-state index is 10.6. The minimum atomic E-state index is -0.280. The van der Waals surface area contributed by atoms with E-state index in [-0.39, 0.29) is 12.0 Å². The first-order chi connectivity index (χ1) is 7.11. The third-order valence-electron chi connectivity index (χ3n) is 2.62. The summed E-state index contributed by atoms with van der Waals surface area (Å²) in [5.41, 5.74) is 0. The second-order valence-electron chi connectivity index (χ2n) is 3.83. The number of hydrogen-bond acceptors (Lipinski definition) is 3. The van der Waals surface area contributed by atoms with E-state index < -0.39 is 0 Å². The van der Waals surface area contributed by atoms with Gasteiger partial charge in [0.05, 0.1) is 6.10 Å². The van der Waals surface area contributed by atoms with Gasteiger partial charge < -0.3 is 15.7 Å². The normalized spacial score (nSPS) is 12.9. The Kier molecular flexibility index (Phi) is 8.33. The van der Waals surface area contributed by atoms with Crippen LogP contribution in [0.15, 0.2) is 0 Å². The molecule has 4 heteroatoms. The lowest BCUT2D eigenvalue weighted by Gasteiger charge is -2.20. The zero-order chi connectivity index (χ0) is 11.7. The van der Waals surface area contributed by atoms with E-state index in [0.29, 0.717) is 25.6 Å². The molecule has 0 rings (SSSR count). The molecule has 0 aromatic rings. The van der Waals surface area contributed by atoms with Gasteiger partial charge >= 0.3 is 0 Å². The number of carbonyl (C=O) groups excluding carboxylic acids is 1. The third kappa shape index (κ3) is 7.33. The van der Waals surface area contributed by atoms with E-state index in [2.05, 4.69) is 24.5 Å². The van der Waals surface area contributed by atoms with Crippen LogP contribution in [0.2, 0.25) is 0 Å². The molecule has 0 radical (unpaired) electrons. The number of nitrogens with one attached hydrogen (secondary N) is 2. The fourth-order valence-corrected chi connectivity index (χ4v) is 1.58. The molecule has 0 saturated carbocycles. The van der Waals surface area contributed by atoms with Crippen molar-refractivity contribution in [3.05, 3.63) is 0 Å². The Balaban J connectivity index is 3.45. The average Bonchev–Trinajstić information content (AvgIpc) is 2.18. The van der Waals surface area contributed by atoms with Crippen LogP contribution >= 0.6 is 0 Å². The molecule has 0 heterocycles. The molecule has 0 aliphatic rings. The predicted molar refractivity (Wildman–Crippen MR) is 61.6 cm³/mol. The number of carbonyl (C=O) groups is 1. The summed E-state index contributed by atoms with van der Waals surface area (Å²) in [7, 11) is 0. The van der Waals surface area contributed by atoms with Crippen LogP contribution in [0, 0.1) is 5.92 Å². The Morgan fingerprint density at radius 1 is 1.27 bits per heavy atom. The Morgan fingerprint density at radius 2 is 1.87 bits per heavy atom. The molecule has 1 amide bonds. The van der Waals surface area contributed by atoms with Crippen LogP contribution in [0.25, 0.3) is 0 Å². The Labute approximate surface area is 92.4 Å². The first-order valence-electron chi connectivity index (χ1n) is 5.75. The van der Waals surface area contributed by atoms with Crippen LogP contribution in [0.3, 0.4) is 0 Å². The molecule has 0 aliphatic carbocycles. The lowest BCUT2D eigenvalue weighted by atomic mass is 9.97. The second kappa shape index (κ2) is 8.68. The molecule has 0 bridgehead atoms. The maximum absolute atomic E-state index is 10.6. The van der Waals surface area contributed by atoms with Gasteiger partial charge in [-0.25, -0.2) is 0 Å². The van der Waals surface area contributed by atoms with Crippen molar-refractivity contribution in [2.45, 2.75) is 39.7 Å². The highest BCUT2D eigenvalue weighted by atomic mass is 16.3. The van der Waals surface area contributed by atoms with E-state index in [0.717, 1.165) is 12.8 Å². The van der Waals surface area contributed by atoms with Crippen LogP contribution < -0.4 is 10.6 Å². The zero-order valence-corrected chi connectivity index (χ0v) is 10.0. The van der Waals surface area contributed by atoms with Crippen LogP contribution in [-0.2, 0) is 4.79 Å². The highest BCUT2D eigenvalue weighted by molar-refractivity contribution is 5.72. The number of aliphatic hydroxyl groups excluding tert-OH is 1. The van der Waals surface area contributed by atoms with Crippen molar-refractivity contribution >= 4 is 5.91 Å². The van der Waals surface area contributed by atoms with Gasteiger partial charge in [0.1, 0.15) is 0 Å². The molecular formula is C11H24N2O2. The Morgan fingerprint density at radius 3 is 2.33 bits per heavy atom. The van der Waals surface area contributed by atoms with Gasteiger partial charge in [-0.2, -0.15) is 0 Å². The maximum Gasteiger partial charge on any atom is 0.216 e. The van der Waals surface area contributed by atoms with Crippen molar-refractivity contribution in [3.8, 4) is 0 Å². The Hall–Kier alpha value is -0.610. The molecule has 90 valence electrons. The van der Waals surface area contributed by atoms with Gasteiger partial charge in [0.25, 0.3) is 0 Å². The fourth-order valence-electron chi connectivity index (χ4n) is 1.58. The number of hydrogen-bond donors (Lipinski definition) is 3. The molecule has 0 fully saturated rings. The van der Waals surface area contributed by atoms with Crippen LogP contribution in [0.5, 0.6) is 0 Å². The smallest absolute Gasteiger partial charge is 0.216 e. The van der Waals surface area contributed by atoms with Crippen molar-refractivity contribution in [1.82, 2.24) is 10.6 Å². The lowest BCUT2D eigenvalue weighted by molar-refractivity contribution is -0.118. The molecule has 4 nitrogen and oxygen atoms in total. The van der Waals surface area contributed by atoms with Crippen LogP contribution in [0.1, 0.15) is 33.6 Å². The predicted octanol–water partition coefficient (Wildman–Crippen LogP) is 0.509. The largest absolute Gasteiger partial charge is 0.392 e. The molecule has 1 atom stereocenters. The van der Waals surface area contributed by atoms with Gasteiger partial charge in [-0.15, -0.1) is 0 Å². The fraction of sp³-hybridized carbons (Fsp3) is 0.909. The first kappa shape index (κ1) is 14.4. The van der Waals surface area contributed by atoms with Gasteiger partial charge in [-0.1, -0.05) is 26.7 Å². The molecule has 0 spiro atoms. The molecule has 0 aromatic heterocycles. The van der Waals surface area contributed by atoms with Gasteiger partial charge in [-0.05, 0) is 5.92 Å². The SMILES string of the molecule is CCC(CC)C(O)CNCCNC(C)=O. The molecule has 0 saturated heterocycles. The van der Waals surface area contributed by atoms with Gasteiger partial charge in [0.2, 0.25) is 5.91 Å². The zero-order valence-electron chi connectivity index (χ0n) is 10.0. The minimum Gasteiger partial charge on any atom is -0.392 e. The molecule has 0 aliphatic heterocycles. The summed E-state index contributed by atoms with van der Waals surface area (Å²) >= 11 is 0. The second-order valence-corrected chi connectivity index (χ2v) is 3.83. The Bertz CT molecular complexity index is 170. The highest BCUT2D eigenvalue weighted by Crippen LogP contribution is 2.11. The highest BCUT2D eigenvalue weighted by Gasteiger charge is 2.14. The van der Waals surface area contributed by atoms with E-state index >= 15 is 0 Å². The topological polar surface area (TPSA) is 61.4 Å². The van der Waals surface area contributed by atoms with Crippen LogP contribution in [0.4, 0.5) is 0 Å². The van der Waals surface area contributed by atoms with Crippen LogP contribution in [-0.4, -0.2) is 36.8 Å². The molecule has 1 unspecified atom stereocenters. The lowest BCUT2D eigenvalue weighted by Crippen LogP contribution is -2.37. The van der Waals surface area contributed by atoms with Gasteiger partial charge in [0, 0.05) is 26.6 Å². The van der Waals surface area contributed by atoms with Crippen molar-refractivity contribution in [1.29, 1.82) is 0 Å². The van der Waals surface area contributed by atoms with E-state index in [4.69, 9.17) is 0 Å². The first-order valence-corrected chi connectivity index (χ1v) is 5.75. The summed E-state index contributed by atoms with van der Waals surface area (Å²) in [6, 6.07) is 0. The van der Waals surface area contributed by atoms with Crippen molar-refractivity contribution in [2.75, 3.05) is 19.6 Å². The standard InChI is InChI=1S/C11H24N2O2/c1-4-10(5-2)11(15)8-12-6-7-13-9(3)14/h10-12,15H,4-8H2,1-3H3,(H,13,14). The molecule has 0 aromatic carbocycles. The summed E-state index contributed by atoms with van der Waals surface area (Å²) in [5.74, 6) is 0.357. The van der Waals surface area contributed by atoms with E-state index in [1.165, 1.54) is 6.92 Å². The summed E-state index contributed by atoms with van der Waals surface area (Å²) in [5, 5.41) is 15.6. The van der Waals surface area contributed by atoms with Crippen molar-refractivity contribution in [3.63, 3.8) is 0 Å². The van der Waals surface area contributed by atoms with E-state index in [1.807, 2.05) is 0 Å². The van der Waals surface area contributed by atoms with E-state index in [9.17, 15) is 9.90 Å². The summed E-state index contributed by atoms with van der Waals surface area (Å²) < 4.78 is 0. The average molecular weight is 216 g/mol.